The highest BCUT2D eigenvalue weighted by molar-refractivity contribution is 5.63. The monoisotopic (exact) mass is 350 g/mol. The van der Waals surface area contributed by atoms with Gasteiger partial charge in [0.2, 0.25) is 5.95 Å². The van der Waals surface area contributed by atoms with Crippen molar-refractivity contribution in [1.29, 1.82) is 0 Å². The summed E-state index contributed by atoms with van der Waals surface area (Å²) >= 11 is 0. The van der Waals surface area contributed by atoms with Gasteiger partial charge in [-0.05, 0) is 37.3 Å². The molecule has 0 bridgehead atoms. The lowest BCUT2D eigenvalue weighted by molar-refractivity contribution is 0.355. The van der Waals surface area contributed by atoms with E-state index in [1.165, 1.54) is 0 Å². The van der Waals surface area contributed by atoms with Crippen molar-refractivity contribution in [3.05, 3.63) is 60.8 Å². The maximum atomic E-state index is 5.35. The Morgan fingerprint density at radius 1 is 0.962 bits per heavy atom. The van der Waals surface area contributed by atoms with Gasteiger partial charge < -0.3 is 19.7 Å². The van der Waals surface area contributed by atoms with Crippen LogP contribution < -0.4 is 19.7 Å². The van der Waals surface area contributed by atoms with Gasteiger partial charge in [0.1, 0.15) is 5.82 Å². The largest absolute Gasteiger partial charge is 0.493 e. The van der Waals surface area contributed by atoms with Crippen LogP contribution in [0.25, 0.3) is 0 Å². The van der Waals surface area contributed by atoms with Crippen molar-refractivity contribution in [3.63, 3.8) is 0 Å². The molecule has 26 heavy (non-hydrogen) atoms. The van der Waals surface area contributed by atoms with Crippen molar-refractivity contribution < 1.29 is 9.47 Å². The van der Waals surface area contributed by atoms with Gasteiger partial charge in [-0.3, -0.25) is 0 Å². The number of benzene rings is 2. The fourth-order valence-electron chi connectivity index (χ4n) is 2.66. The third-order valence-electron chi connectivity index (χ3n) is 3.92. The van der Waals surface area contributed by atoms with Crippen LogP contribution in [0.2, 0.25) is 0 Å². The van der Waals surface area contributed by atoms with Gasteiger partial charge in [0, 0.05) is 30.2 Å². The highest BCUT2D eigenvalue weighted by atomic mass is 16.5. The number of hydrogen-bond donors (Lipinski definition) is 1. The molecule has 6 heteroatoms. The van der Waals surface area contributed by atoms with Crippen molar-refractivity contribution >= 4 is 23.1 Å². The summed E-state index contributed by atoms with van der Waals surface area (Å²) in [4.78, 5) is 11.1. The minimum atomic E-state index is 0.643. The van der Waals surface area contributed by atoms with Crippen LogP contribution in [0.4, 0.5) is 23.1 Å². The fourth-order valence-corrected chi connectivity index (χ4v) is 2.66. The Kier molecular flexibility index (Phi) is 5.53. The van der Waals surface area contributed by atoms with Crippen molar-refractivity contribution in [2.75, 3.05) is 31.0 Å². The molecule has 0 saturated carbocycles. The summed E-state index contributed by atoms with van der Waals surface area (Å²) in [6.45, 7) is 2.84. The number of rotatable bonds is 7. The van der Waals surface area contributed by atoms with Crippen molar-refractivity contribution in [2.45, 2.75) is 6.92 Å². The second-order valence-electron chi connectivity index (χ2n) is 5.52. The Labute approximate surface area is 153 Å². The molecule has 2 aromatic carbocycles. The van der Waals surface area contributed by atoms with E-state index in [0.717, 1.165) is 17.9 Å². The normalized spacial score (nSPS) is 10.3. The molecule has 0 saturated heterocycles. The van der Waals surface area contributed by atoms with Gasteiger partial charge in [0.15, 0.2) is 11.5 Å². The van der Waals surface area contributed by atoms with E-state index in [4.69, 9.17) is 9.47 Å². The molecule has 6 nitrogen and oxygen atoms in total. The van der Waals surface area contributed by atoms with E-state index in [-0.39, 0.29) is 0 Å². The first-order valence-corrected chi connectivity index (χ1v) is 8.40. The standard InChI is InChI=1S/C20H22N4O2/c1-4-24(16-8-6-5-7-9-16)20-21-13-12-19(23-20)22-15-10-11-17(25-2)18(14-15)26-3/h5-14H,4H2,1-3H3,(H,21,22,23). The zero-order valence-electron chi connectivity index (χ0n) is 15.1. The maximum absolute atomic E-state index is 5.35. The molecule has 0 aliphatic rings. The quantitative estimate of drug-likeness (QED) is 0.682. The SMILES string of the molecule is CCN(c1ccccc1)c1nccc(Nc2ccc(OC)c(OC)c2)n1. The maximum Gasteiger partial charge on any atom is 0.231 e. The molecule has 134 valence electrons. The first-order valence-electron chi connectivity index (χ1n) is 8.40. The number of hydrogen-bond acceptors (Lipinski definition) is 6. The molecule has 0 radical (unpaired) electrons. The number of nitrogens with one attached hydrogen (secondary N) is 1. The van der Waals surface area contributed by atoms with Crippen LogP contribution in [0.1, 0.15) is 6.92 Å². The number of anilines is 4. The number of methoxy groups -OCH3 is 2. The lowest BCUT2D eigenvalue weighted by Gasteiger charge is -2.21. The van der Waals surface area contributed by atoms with Gasteiger partial charge in [0.25, 0.3) is 0 Å². The van der Waals surface area contributed by atoms with Gasteiger partial charge in [-0.1, -0.05) is 18.2 Å². The molecule has 0 amide bonds. The summed E-state index contributed by atoms with van der Waals surface area (Å²) in [6.07, 6.45) is 1.75. The molecule has 1 heterocycles. The van der Waals surface area contributed by atoms with Crippen molar-refractivity contribution in [3.8, 4) is 11.5 Å². The Morgan fingerprint density at radius 2 is 1.73 bits per heavy atom. The average molecular weight is 350 g/mol. The zero-order valence-corrected chi connectivity index (χ0v) is 15.1. The van der Waals surface area contributed by atoms with E-state index in [2.05, 4.69) is 27.1 Å². The van der Waals surface area contributed by atoms with Crippen molar-refractivity contribution in [1.82, 2.24) is 9.97 Å². The molecule has 0 atom stereocenters. The molecule has 3 rings (SSSR count). The predicted octanol–water partition coefficient (Wildman–Crippen LogP) is 4.40. The van der Waals surface area contributed by atoms with Crippen LogP contribution in [0.3, 0.4) is 0 Å². The summed E-state index contributed by atoms with van der Waals surface area (Å²) < 4.78 is 10.6. The molecular formula is C20H22N4O2. The summed E-state index contributed by atoms with van der Waals surface area (Å²) in [6, 6.07) is 17.6. The van der Waals surface area contributed by atoms with E-state index < -0.39 is 0 Å². The third kappa shape index (κ3) is 3.85. The zero-order chi connectivity index (χ0) is 18.4. The number of nitrogens with zero attached hydrogens (tertiary/aromatic N) is 3. The van der Waals surface area contributed by atoms with Crippen LogP contribution in [0.15, 0.2) is 60.8 Å². The van der Waals surface area contributed by atoms with E-state index in [9.17, 15) is 0 Å². The smallest absolute Gasteiger partial charge is 0.231 e. The van der Waals surface area contributed by atoms with E-state index in [1.54, 1.807) is 20.4 Å². The summed E-state index contributed by atoms with van der Waals surface area (Å²) in [7, 11) is 3.23. The van der Waals surface area contributed by atoms with Crippen molar-refractivity contribution in [2.24, 2.45) is 0 Å². The van der Waals surface area contributed by atoms with Crippen LogP contribution in [-0.4, -0.2) is 30.7 Å². The molecular weight excluding hydrogens is 328 g/mol. The molecule has 0 fully saturated rings. The van der Waals surface area contributed by atoms with E-state index in [1.807, 2.05) is 54.6 Å². The molecule has 0 spiro atoms. The Bertz CT molecular complexity index is 855. The number of aromatic nitrogens is 2. The Balaban J connectivity index is 1.85. The molecule has 1 N–H and O–H groups in total. The lowest BCUT2D eigenvalue weighted by Crippen LogP contribution is -2.18. The lowest BCUT2D eigenvalue weighted by atomic mass is 10.2. The second-order valence-corrected chi connectivity index (χ2v) is 5.52. The van der Waals surface area contributed by atoms with Crippen LogP contribution in [-0.2, 0) is 0 Å². The highest BCUT2D eigenvalue weighted by Gasteiger charge is 2.11. The summed E-state index contributed by atoms with van der Waals surface area (Å²) in [5.41, 5.74) is 1.91. The highest BCUT2D eigenvalue weighted by Crippen LogP contribution is 2.31. The summed E-state index contributed by atoms with van der Waals surface area (Å²) in [5.74, 6) is 2.69. The molecule has 1 aromatic heterocycles. The average Bonchev–Trinajstić information content (AvgIpc) is 2.69. The third-order valence-corrected chi connectivity index (χ3v) is 3.92. The number of para-hydroxylation sites is 1. The van der Waals surface area contributed by atoms with Crippen LogP contribution in [0.5, 0.6) is 11.5 Å². The number of ether oxygens (including phenoxy) is 2. The van der Waals surface area contributed by atoms with E-state index in [0.29, 0.717) is 23.3 Å². The van der Waals surface area contributed by atoms with E-state index >= 15 is 0 Å². The molecule has 0 aliphatic carbocycles. The molecule has 0 aliphatic heterocycles. The second kappa shape index (κ2) is 8.20. The molecule has 3 aromatic rings. The summed E-state index contributed by atoms with van der Waals surface area (Å²) in [5, 5.41) is 3.29. The van der Waals surface area contributed by atoms with Crippen LogP contribution in [0, 0.1) is 0 Å². The molecule has 0 unspecified atom stereocenters. The first kappa shape index (κ1) is 17.5. The topological polar surface area (TPSA) is 59.5 Å². The predicted molar refractivity (Wildman–Crippen MR) is 104 cm³/mol. The van der Waals surface area contributed by atoms with Gasteiger partial charge in [-0.2, -0.15) is 4.98 Å². The minimum absolute atomic E-state index is 0.643. The first-order chi connectivity index (χ1) is 12.7. The van der Waals surface area contributed by atoms with Gasteiger partial charge in [-0.25, -0.2) is 4.98 Å². The fraction of sp³-hybridized carbons (Fsp3) is 0.200. The Morgan fingerprint density at radius 3 is 2.42 bits per heavy atom. The van der Waals surface area contributed by atoms with Gasteiger partial charge >= 0.3 is 0 Å². The Hall–Kier alpha value is -3.28. The van der Waals surface area contributed by atoms with Gasteiger partial charge in [-0.15, -0.1) is 0 Å². The van der Waals surface area contributed by atoms with Gasteiger partial charge in [0.05, 0.1) is 14.2 Å². The van der Waals surface area contributed by atoms with Crippen LogP contribution >= 0.6 is 0 Å². The minimum Gasteiger partial charge on any atom is -0.493 e.